The molecule has 3 rings (SSSR count). The van der Waals surface area contributed by atoms with Crippen molar-refractivity contribution in [2.24, 2.45) is 0 Å². The van der Waals surface area contributed by atoms with Crippen LogP contribution in [0.25, 0.3) is 5.57 Å². The third-order valence-corrected chi connectivity index (χ3v) is 5.51. The molecule has 0 saturated carbocycles. The summed E-state index contributed by atoms with van der Waals surface area (Å²) in [7, 11) is 4.84. The number of ether oxygens (including phenoxy) is 3. The van der Waals surface area contributed by atoms with Crippen molar-refractivity contribution in [2.75, 3.05) is 34.4 Å². The van der Waals surface area contributed by atoms with Gasteiger partial charge in [-0.3, -0.25) is 4.79 Å². The molecule has 0 N–H and O–H groups in total. The first-order valence-corrected chi connectivity index (χ1v) is 9.89. The van der Waals surface area contributed by atoms with Crippen LogP contribution in [-0.2, 0) is 0 Å². The van der Waals surface area contributed by atoms with E-state index >= 15 is 0 Å². The first-order chi connectivity index (χ1) is 13.5. The molecule has 0 aromatic heterocycles. The first-order valence-electron chi connectivity index (χ1n) is 8.72. The molecule has 5 nitrogen and oxygen atoms in total. The number of rotatable bonds is 5. The molecular weight excluding hydrogens is 446 g/mol. The maximum Gasteiger partial charge on any atom is 0.255 e. The molecule has 2 aromatic rings. The Morgan fingerprint density at radius 3 is 2.29 bits per heavy atom. The molecule has 1 aliphatic rings. The van der Waals surface area contributed by atoms with Crippen LogP contribution in [-0.4, -0.2) is 45.2 Å². The van der Waals surface area contributed by atoms with Gasteiger partial charge in [-0.05, 0) is 30.2 Å². The first kappa shape index (κ1) is 20.6. The van der Waals surface area contributed by atoms with E-state index in [2.05, 4.69) is 15.9 Å². The van der Waals surface area contributed by atoms with Gasteiger partial charge in [-0.2, -0.15) is 0 Å². The van der Waals surface area contributed by atoms with Crippen LogP contribution < -0.4 is 14.2 Å². The predicted molar refractivity (Wildman–Crippen MR) is 114 cm³/mol. The monoisotopic (exact) mass is 465 g/mol. The fraction of sp³-hybridized carbons (Fsp3) is 0.286. The third-order valence-electron chi connectivity index (χ3n) is 4.69. The number of amides is 1. The normalized spacial score (nSPS) is 13.8. The zero-order valence-electron chi connectivity index (χ0n) is 15.9. The highest BCUT2D eigenvalue weighted by Gasteiger charge is 2.24. The lowest BCUT2D eigenvalue weighted by molar-refractivity contribution is 0.0773. The van der Waals surface area contributed by atoms with Gasteiger partial charge >= 0.3 is 0 Å². The van der Waals surface area contributed by atoms with Crippen molar-refractivity contribution in [1.29, 1.82) is 0 Å². The van der Waals surface area contributed by atoms with Gasteiger partial charge in [0.15, 0.2) is 0 Å². The Labute approximate surface area is 178 Å². The second kappa shape index (κ2) is 8.88. The maximum atomic E-state index is 12.9. The largest absolute Gasteiger partial charge is 0.496 e. The maximum absolute atomic E-state index is 12.9. The quantitative estimate of drug-likeness (QED) is 0.618. The molecule has 7 heteroatoms. The van der Waals surface area contributed by atoms with Gasteiger partial charge in [-0.25, -0.2) is 0 Å². The topological polar surface area (TPSA) is 48.0 Å². The molecule has 0 atom stereocenters. The average Bonchev–Trinajstić information content (AvgIpc) is 2.74. The molecule has 0 unspecified atom stereocenters. The molecule has 0 bridgehead atoms. The Hall–Kier alpha value is -2.18. The van der Waals surface area contributed by atoms with Crippen molar-refractivity contribution in [2.45, 2.75) is 6.42 Å². The molecule has 0 aliphatic carbocycles. The van der Waals surface area contributed by atoms with Gasteiger partial charge in [0.2, 0.25) is 0 Å². The summed E-state index contributed by atoms with van der Waals surface area (Å²) in [4.78, 5) is 14.6. The number of hydrogen-bond donors (Lipinski definition) is 0. The molecule has 1 aliphatic heterocycles. The van der Waals surface area contributed by atoms with Gasteiger partial charge in [0.25, 0.3) is 5.91 Å². The zero-order valence-corrected chi connectivity index (χ0v) is 18.3. The third kappa shape index (κ3) is 4.13. The summed E-state index contributed by atoms with van der Waals surface area (Å²) in [6, 6.07) is 8.95. The minimum atomic E-state index is -0.0877. The lowest BCUT2D eigenvalue weighted by atomic mass is 9.96. The van der Waals surface area contributed by atoms with Gasteiger partial charge in [0.1, 0.15) is 17.2 Å². The van der Waals surface area contributed by atoms with Gasteiger partial charge in [0, 0.05) is 29.7 Å². The number of halogens is 2. The van der Waals surface area contributed by atoms with Crippen LogP contribution in [0.5, 0.6) is 17.2 Å². The van der Waals surface area contributed by atoms with E-state index in [4.69, 9.17) is 25.8 Å². The number of carbonyl (C=O) groups excluding carboxylic acids is 1. The van der Waals surface area contributed by atoms with Gasteiger partial charge in [-0.15, -0.1) is 0 Å². The van der Waals surface area contributed by atoms with E-state index < -0.39 is 0 Å². The van der Waals surface area contributed by atoms with Gasteiger partial charge < -0.3 is 19.1 Å². The summed E-state index contributed by atoms with van der Waals surface area (Å²) in [6.45, 7) is 1.06. The number of hydrogen-bond acceptors (Lipinski definition) is 4. The summed E-state index contributed by atoms with van der Waals surface area (Å²) >= 11 is 9.61. The van der Waals surface area contributed by atoms with Gasteiger partial charge in [-0.1, -0.05) is 33.6 Å². The fourth-order valence-corrected chi connectivity index (χ4v) is 3.79. The van der Waals surface area contributed by atoms with E-state index in [1.165, 1.54) is 0 Å². The van der Waals surface area contributed by atoms with Crippen LogP contribution in [0.4, 0.5) is 0 Å². The molecule has 148 valence electrons. The number of nitrogens with zero attached hydrogens (tertiary/aromatic N) is 1. The zero-order chi connectivity index (χ0) is 20.3. The summed E-state index contributed by atoms with van der Waals surface area (Å²) in [5.41, 5.74) is 2.45. The summed E-state index contributed by atoms with van der Waals surface area (Å²) in [5.74, 6) is 1.93. The minimum absolute atomic E-state index is 0.0877. The van der Waals surface area contributed by atoms with Crippen LogP contribution in [0, 0.1) is 0 Å². The van der Waals surface area contributed by atoms with Crippen molar-refractivity contribution in [1.82, 2.24) is 4.90 Å². The van der Waals surface area contributed by atoms with Crippen molar-refractivity contribution < 1.29 is 19.0 Å². The smallest absolute Gasteiger partial charge is 0.255 e. The average molecular weight is 467 g/mol. The van der Waals surface area contributed by atoms with Crippen LogP contribution in [0.2, 0.25) is 5.02 Å². The van der Waals surface area contributed by atoms with E-state index in [-0.39, 0.29) is 5.91 Å². The highest BCUT2D eigenvalue weighted by molar-refractivity contribution is 9.10. The highest BCUT2D eigenvalue weighted by Crippen LogP contribution is 2.41. The van der Waals surface area contributed by atoms with E-state index in [0.717, 1.165) is 15.6 Å². The Morgan fingerprint density at radius 2 is 1.75 bits per heavy atom. The predicted octanol–water partition coefficient (Wildman–Crippen LogP) is 5.06. The van der Waals surface area contributed by atoms with Crippen molar-refractivity contribution in [3.8, 4) is 17.2 Å². The second-order valence-corrected chi connectivity index (χ2v) is 7.58. The van der Waals surface area contributed by atoms with Crippen molar-refractivity contribution >= 4 is 39.0 Å². The molecule has 0 spiro atoms. The molecule has 1 amide bonds. The lowest BCUT2D eigenvalue weighted by Gasteiger charge is -2.28. The SMILES string of the molecule is COc1cc(OC)c(C2=CCN(C(=O)c3cc(Br)ccc3Cl)CC2)c(OC)c1. The van der Waals surface area contributed by atoms with E-state index in [0.29, 0.717) is 47.3 Å². The number of methoxy groups -OCH3 is 3. The van der Waals surface area contributed by atoms with Crippen LogP contribution in [0.3, 0.4) is 0 Å². The van der Waals surface area contributed by atoms with Crippen molar-refractivity contribution in [3.63, 3.8) is 0 Å². The van der Waals surface area contributed by atoms with E-state index in [1.54, 1.807) is 38.4 Å². The second-order valence-electron chi connectivity index (χ2n) is 6.26. The molecule has 1 heterocycles. The lowest BCUT2D eigenvalue weighted by Crippen LogP contribution is -2.34. The molecular formula is C21H21BrClNO4. The number of carbonyl (C=O) groups is 1. The molecule has 28 heavy (non-hydrogen) atoms. The number of benzene rings is 2. The standard InChI is InChI=1S/C21H21BrClNO4/c1-26-15-11-18(27-2)20(19(12-15)28-3)13-6-8-24(9-7-13)21(25)16-10-14(22)4-5-17(16)23/h4-6,10-12H,7-9H2,1-3H3. The van der Waals surface area contributed by atoms with Gasteiger partial charge in [0.05, 0.1) is 37.5 Å². The van der Waals surface area contributed by atoms with Crippen LogP contribution in [0.15, 0.2) is 40.9 Å². The van der Waals surface area contributed by atoms with E-state index in [1.807, 2.05) is 24.3 Å². The minimum Gasteiger partial charge on any atom is -0.496 e. The fourth-order valence-electron chi connectivity index (χ4n) is 3.23. The molecule has 0 saturated heterocycles. The Morgan fingerprint density at radius 1 is 1.07 bits per heavy atom. The molecule has 2 aromatic carbocycles. The molecule has 0 fully saturated rings. The van der Waals surface area contributed by atoms with Crippen molar-refractivity contribution in [3.05, 3.63) is 57.0 Å². The summed E-state index contributed by atoms with van der Waals surface area (Å²) < 4.78 is 17.2. The Kier molecular flexibility index (Phi) is 6.52. The Balaban J connectivity index is 1.88. The van der Waals surface area contributed by atoms with E-state index in [9.17, 15) is 4.79 Å². The summed E-state index contributed by atoms with van der Waals surface area (Å²) in [6.07, 6.45) is 2.70. The van der Waals surface area contributed by atoms with Crippen LogP contribution in [0.1, 0.15) is 22.3 Å². The summed E-state index contributed by atoms with van der Waals surface area (Å²) in [5, 5.41) is 0.446. The highest BCUT2D eigenvalue weighted by atomic mass is 79.9. The molecule has 0 radical (unpaired) electrons. The van der Waals surface area contributed by atoms with Crippen LogP contribution >= 0.6 is 27.5 Å². The Bertz CT molecular complexity index is 904.